The maximum Gasteiger partial charge on any atom is 0.312 e. The summed E-state index contributed by atoms with van der Waals surface area (Å²) in [5, 5.41) is 13.7. The number of aliphatic carboxylic acids is 1. The number of hydrogen-bond acceptors (Lipinski definition) is 3. The lowest BCUT2D eigenvalue weighted by Gasteiger charge is -2.25. The number of rotatable bonds is 8. The molecule has 0 radical (unpaired) electrons. The van der Waals surface area contributed by atoms with Crippen LogP contribution in [-0.2, 0) is 9.59 Å². The van der Waals surface area contributed by atoms with Gasteiger partial charge in [0.25, 0.3) is 0 Å². The topological polar surface area (TPSA) is 122 Å². The number of nitrogens with one attached hydrogen (secondary N) is 2. The van der Waals surface area contributed by atoms with E-state index in [1.807, 2.05) is 13.8 Å². The fourth-order valence-electron chi connectivity index (χ4n) is 1.65. The smallest absolute Gasteiger partial charge is 0.312 e. The highest BCUT2D eigenvalue weighted by atomic mass is 16.4. The lowest BCUT2D eigenvalue weighted by Crippen LogP contribution is -2.53. The molecule has 0 spiro atoms. The number of hydrogen-bond donors (Lipinski definition) is 4. The van der Waals surface area contributed by atoms with Crippen molar-refractivity contribution in [3.63, 3.8) is 0 Å². The minimum absolute atomic E-state index is 0.0881. The highest BCUT2D eigenvalue weighted by Gasteiger charge is 2.27. The Morgan fingerprint density at radius 2 is 1.74 bits per heavy atom. The summed E-state index contributed by atoms with van der Waals surface area (Å²) in [6.07, 6.45) is 1.04. The molecule has 0 aliphatic heterocycles. The van der Waals surface area contributed by atoms with Crippen molar-refractivity contribution in [2.24, 2.45) is 11.7 Å². The van der Waals surface area contributed by atoms with E-state index in [9.17, 15) is 14.4 Å². The highest BCUT2D eigenvalue weighted by Crippen LogP contribution is 2.09. The number of carboxylic acids is 1. The van der Waals surface area contributed by atoms with Crippen molar-refractivity contribution in [3.05, 3.63) is 0 Å². The van der Waals surface area contributed by atoms with E-state index >= 15 is 0 Å². The molecular weight excluding hydrogens is 250 g/mol. The van der Waals surface area contributed by atoms with Gasteiger partial charge in [-0.2, -0.15) is 0 Å². The Morgan fingerprint density at radius 1 is 1.16 bits per heavy atom. The normalized spacial score (nSPS) is 15.1. The molecule has 0 aliphatic rings. The molecule has 0 aromatic carbocycles. The van der Waals surface area contributed by atoms with Crippen LogP contribution in [0, 0.1) is 5.92 Å². The second kappa shape index (κ2) is 8.34. The standard InChI is InChI=1S/C12H23N3O4/c1-4-7(3)10(15-12(13)19)11(18)14-8(5-2)6-9(16)17/h7-8,10H,4-6H2,1-3H3,(H,14,18)(H,16,17)(H3,13,15,19). The van der Waals surface area contributed by atoms with Crippen LogP contribution in [0.1, 0.15) is 40.0 Å². The second-order valence-corrected chi connectivity index (χ2v) is 4.58. The zero-order valence-corrected chi connectivity index (χ0v) is 11.6. The molecule has 0 aromatic heterocycles. The molecule has 0 aromatic rings. The Balaban J connectivity index is 4.69. The van der Waals surface area contributed by atoms with Crippen molar-refractivity contribution >= 4 is 17.9 Å². The summed E-state index contributed by atoms with van der Waals surface area (Å²) >= 11 is 0. The number of nitrogens with two attached hydrogens (primary N) is 1. The number of primary amides is 1. The van der Waals surface area contributed by atoms with Gasteiger partial charge in [0, 0.05) is 6.04 Å². The molecule has 0 aliphatic carbocycles. The van der Waals surface area contributed by atoms with Crippen LogP contribution in [0.5, 0.6) is 0 Å². The number of amides is 3. The first-order valence-electron chi connectivity index (χ1n) is 6.39. The maximum atomic E-state index is 12.1. The molecule has 3 atom stereocenters. The molecule has 7 nitrogen and oxygen atoms in total. The summed E-state index contributed by atoms with van der Waals surface area (Å²) < 4.78 is 0. The van der Waals surface area contributed by atoms with Gasteiger partial charge in [0.2, 0.25) is 5.91 Å². The molecule has 5 N–H and O–H groups in total. The largest absolute Gasteiger partial charge is 0.481 e. The van der Waals surface area contributed by atoms with Crippen molar-refractivity contribution in [2.75, 3.05) is 0 Å². The Kier molecular flexibility index (Phi) is 7.55. The van der Waals surface area contributed by atoms with E-state index in [-0.39, 0.29) is 12.3 Å². The van der Waals surface area contributed by atoms with E-state index in [2.05, 4.69) is 10.6 Å². The van der Waals surface area contributed by atoms with E-state index in [1.54, 1.807) is 6.92 Å². The fraction of sp³-hybridized carbons (Fsp3) is 0.750. The van der Waals surface area contributed by atoms with Gasteiger partial charge in [-0.3, -0.25) is 9.59 Å². The maximum absolute atomic E-state index is 12.1. The molecule has 3 unspecified atom stereocenters. The van der Waals surface area contributed by atoms with Gasteiger partial charge in [0.1, 0.15) is 6.04 Å². The Hall–Kier alpha value is -1.79. The van der Waals surface area contributed by atoms with Gasteiger partial charge >= 0.3 is 12.0 Å². The SMILES string of the molecule is CCC(CC(=O)O)NC(=O)C(NC(N)=O)C(C)CC. The van der Waals surface area contributed by atoms with Crippen LogP contribution in [-0.4, -0.2) is 35.1 Å². The minimum Gasteiger partial charge on any atom is -0.481 e. The zero-order chi connectivity index (χ0) is 15.0. The fourth-order valence-corrected chi connectivity index (χ4v) is 1.65. The quantitative estimate of drug-likeness (QED) is 0.512. The second-order valence-electron chi connectivity index (χ2n) is 4.58. The van der Waals surface area contributed by atoms with Crippen molar-refractivity contribution in [1.82, 2.24) is 10.6 Å². The molecule has 0 saturated carbocycles. The van der Waals surface area contributed by atoms with Gasteiger partial charge in [-0.25, -0.2) is 4.79 Å². The van der Waals surface area contributed by atoms with E-state index in [1.165, 1.54) is 0 Å². The molecule has 7 heteroatoms. The first-order valence-corrected chi connectivity index (χ1v) is 6.39. The third-order valence-corrected chi connectivity index (χ3v) is 3.05. The summed E-state index contributed by atoms with van der Waals surface area (Å²) in [7, 11) is 0. The molecular formula is C12H23N3O4. The van der Waals surface area contributed by atoms with Crippen molar-refractivity contribution in [2.45, 2.75) is 52.1 Å². The van der Waals surface area contributed by atoms with E-state index < -0.39 is 30.0 Å². The molecule has 110 valence electrons. The molecule has 0 saturated heterocycles. The van der Waals surface area contributed by atoms with Crippen LogP contribution in [0.2, 0.25) is 0 Å². The summed E-state index contributed by atoms with van der Waals surface area (Å²) in [5.41, 5.74) is 5.04. The van der Waals surface area contributed by atoms with E-state index in [0.717, 1.165) is 0 Å². The lowest BCUT2D eigenvalue weighted by atomic mass is 9.98. The van der Waals surface area contributed by atoms with Crippen LogP contribution >= 0.6 is 0 Å². The molecule has 0 bridgehead atoms. The van der Waals surface area contributed by atoms with Gasteiger partial charge in [-0.05, 0) is 12.3 Å². The number of carbonyl (C=O) groups is 3. The van der Waals surface area contributed by atoms with Gasteiger partial charge in [0.05, 0.1) is 6.42 Å². The predicted octanol–water partition coefficient (Wildman–Crippen LogP) is 0.439. The Morgan fingerprint density at radius 3 is 2.11 bits per heavy atom. The molecule has 0 rings (SSSR count). The lowest BCUT2D eigenvalue weighted by molar-refractivity contribution is -0.137. The third-order valence-electron chi connectivity index (χ3n) is 3.05. The minimum atomic E-state index is -0.977. The van der Waals surface area contributed by atoms with Crippen LogP contribution in [0.25, 0.3) is 0 Å². The molecule has 19 heavy (non-hydrogen) atoms. The van der Waals surface area contributed by atoms with Crippen LogP contribution < -0.4 is 16.4 Å². The van der Waals surface area contributed by atoms with Crippen molar-refractivity contribution < 1.29 is 19.5 Å². The number of carbonyl (C=O) groups excluding carboxylic acids is 2. The van der Waals surface area contributed by atoms with Crippen LogP contribution in [0.4, 0.5) is 4.79 Å². The highest BCUT2D eigenvalue weighted by molar-refractivity contribution is 5.87. The number of urea groups is 1. The summed E-state index contributed by atoms with van der Waals surface area (Å²) in [6, 6.07) is -1.97. The van der Waals surface area contributed by atoms with Gasteiger partial charge < -0.3 is 21.5 Å². The average molecular weight is 273 g/mol. The van der Waals surface area contributed by atoms with Crippen LogP contribution in [0.3, 0.4) is 0 Å². The Bertz CT molecular complexity index is 333. The zero-order valence-electron chi connectivity index (χ0n) is 11.6. The average Bonchev–Trinajstić information content (AvgIpc) is 2.33. The van der Waals surface area contributed by atoms with Crippen molar-refractivity contribution in [1.29, 1.82) is 0 Å². The monoisotopic (exact) mass is 273 g/mol. The summed E-state index contributed by atoms with van der Waals surface area (Å²) in [4.78, 5) is 33.6. The van der Waals surface area contributed by atoms with Gasteiger partial charge in [-0.1, -0.05) is 27.2 Å². The summed E-state index contributed by atoms with van der Waals surface area (Å²) in [6.45, 7) is 5.49. The molecule has 0 fully saturated rings. The third kappa shape index (κ3) is 6.64. The first-order chi connectivity index (χ1) is 8.81. The first kappa shape index (κ1) is 17.2. The van der Waals surface area contributed by atoms with Crippen molar-refractivity contribution in [3.8, 4) is 0 Å². The predicted molar refractivity (Wildman–Crippen MR) is 70.4 cm³/mol. The van der Waals surface area contributed by atoms with Gasteiger partial charge in [-0.15, -0.1) is 0 Å². The molecule has 3 amide bonds. The Labute approximate surface area is 112 Å². The van der Waals surface area contributed by atoms with Gasteiger partial charge in [0.15, 0.2) is 0 Å². The summed E-state index contributed by atoms with van der Waals surface area (Å²) in [5.74, 6) is -1.47. The number of carboxylic acid groups (broad SMARTS) is 1. The molecule has 0 heterocycles. The van der Waals surface area contributed by atoms with E-state index in [0.29, 0.717) is 12.8 Å². The van der Waals surface area contributed by atoms with E-state index in [4.69, 9.17) is 10.8 Å². The van der Waals surface area contributed by atoms with Crippen LogP contribution in [0.15, 0.2) is 0 Å².